The van der Waals surface area contributed by atoms with E-state index in [4.69, 9.17) is 27.9 Å². The van der Waals surface area contributed by atoms with Gasteiger partial charge in [-0.1, -0.05) is 41.4 Å². The van der Waals surface area contributed by atoms with Crippen LogP contribution in [-0.4, -0.2) is 17.0 Å². The highest BCUT2D eigenvalue weighted by Crippen LogP contribution is 2.35. The maximum atomic E-state index is 6.14. The average Bonchev–Trinajstić information content (AvgIpc) is 2.50. The molecule has 2 aromatic heterocycles. The lowest BCUT2D eigenvalue weighted by Gasteiger charge is -2.11. The maximum Gasteiger partial charge on any atom is 0.240 e. The second kappa shape index (κ2) is 5.76. The predicted molar refractivity (Wildman–Crippen MR) is 85.6 cm³/mol. The Balaban J connectivity index is 2.07. The lowest BCUT2D eigenvalue weighted by atomic mass is 10.2. The largest absolute Gasteiger partial charge is 0.435 e. The normalized spacial score (nSPS) is 10.6. The number of hydrogen-bond acceptors (Lipinski definition) is 4. The van der Waals surface area contributed by atoms with Crippen LogP contribution in [0.1, 0.15) is 0 Å². The van der Waals surface area contributed by atoms with E-state index in [2.05, 4.69) is 15.3 Å². The highest BCUT2D eigenvalue weighted by Gasteiger charge is 2.12. The van der Waals surface area contributed by atoms with Crippen LogP contribution in [0.5, 0.6) is 11.6 Å². The summed E-state index contributed by atoms with van der Waals surface area (Å²) >= 11 is 12.2. The van der Waals surface area contributed by atoms with Crippen molar-refractivity contribution in [3.63, 3.8) is 0 Å². The molecule has 0 saturated heterocycles. The molecule has 1 aromatic carbocycles. The Labute approximate surface area is 131 Å². The Morgan fingerprint density at radius 1 is 1.10 bits per heavy atom. The molecule has 0 spiro atoms. The van der Waals surface area contributed by atoms with Crippen LogP contribution in [0, 0.1) is 0 Å². The van der Waals surface area contributed by atoms with Crippen LogP contribution in [0.15, 0.2) is 42.6 Å². The summed E-state index contributed by atoms with van der Waals surface area (Å²) in [6, 6.07) is 11.1. The van der Waals surface area contributed by atoms with E-state index in [0.717, 1.165) is 10.9 Å². The maximum absolute atomic E-state index is 6.14. The molecule has 3 rings (SSSR count). The molecule has 3 aromatic rings. The van der Waals surface area contributed by atoms with Crippen molar-refractivity contribution in [2.45, 2.75) is 0 Å². The lowest BCUT2D eigenvalue weighted by molar-refractivity contribution is 0.468. The zero-order valence-corrected chi connectivity index (χ0v) is 12.6. The zero-order valence-electron chi connectivity index (χ0n) is 11.1. The fraction of sp³-hybridized carbons (Fsp3) is 0.0667. The Morgan fingerprint density at radius 2 is 1.90 bits per heavy atom. The minimum Gasteiger partial charge on any atom is -0.435 e. The van der Waals surface area contributed by atoms with Gasteiger partial charge in [0.1, 0.15) is 16.4 Å². The van der Waals surface area contributed by atoms with Crippen LogP contribution in [0.3, 0.4) is 0 Å². The summed E-state index contributed by atoms with van der Waals surface area (Å²) in [5.74, 6) is 1.37. The van der Waals surface area contributed by atoms with Gasteiger partial charge in [0.25, 0.3) is 0 Å². The number of ether oxygens (including phenoxy) is 1. The van der Waals surface area contributed by atoms with Gasteiger partial charge in [-0.3, -0.25) is 4.98 Å². The van der Waals surface area contributed by atoms with Gasteiger partial charge in [-0.05, 0) is 18.2 Å². The molecule has 21 heavy (non-hydrogen) atoms. The Hall–Kier alpha value is -2.04. The number of para-hydroxylation sites is 1. The minimum atomic E-state index is 0.281. The SMILES string of the molecule is CNc1nc(Oc2cccc3cccnc23)c(Cl)cc1Cl. The molecule has 0 aliphatic carbocycles. The van der Waals surface area contributed by atoms with Gasteiger partial charge in [0.05, 0.1) is 5.02 Å². The molecule has 2 heterocycles. The fourth-order valence-electron chi connectivity index (χ4n) is 1.96. The Morgan fingerprint density at radius 3 is 2.71 bits per heavy atom. The molecule has 0 atom stereocenters. The van der Waals surface area contributed by atoms with Gasteiger partial charge in [0.15, 0.2) is 5.75 Å². The topological polar surface area (TPSA) is 47.0 Å². The van der Waals surface area contributed by atoms with Crippen LogP contribution >= 0.6 is 23.2 Å². The molecule has 0 unspecified atom stereocenters. The molecule has 0 fully saturated rings. The van der Waals surface area contributed by atoms with E-state index < -0.39 is 0 Å². The van der Waals surface area contributed by atoms with Gasteiger partial charge in [0.2, 0.25) is 5.88 Å². The van der Waals surface area contributed by atoms with Crippen molar-refractivity contribution >= 4 is 39.9 Å². The average molecular weight is 320 g/mol. The van der Waals surface area contributed by atoms with Gasteiger partial charge in [-0.15, -0.1) is 0 Å². The highest BCUT2D eigenvalue weighted by atomic mass is 35.5. The van der Waals surface area contributed by atoms with Crippen LogP contribution < -0.4 is 10.1 Å². The van der Waals surface area contributed by atoms with Crippen molar-refractivity contribution in [1.82, 2.24) is 9.97 Å². The number of halogens is 2. The molecular formula is C15H11Cl2N3O. The van der Waals surface area contributed by atoms with Crippen molar-refractivity contribution in [2.75, 3.05) is 12.4 Å². The zero-order chi connectivity index (χ0) is 14.8. The summed E-state index contributed by atoms with van der Waals surface area (Å²) in [6.07, 6.45) is 1.71. The van der Waals surface area contributed by atoms with E-state index in [1.54, 1.807) is 19.3 Å². The van der Waals surface area contributed by atoms with E-state index in [-0.39, 0.29) is 5.88 Å². The molecule has 0 saturated carbocycles. The smallest absolute Gasteiger partial charge is 0.240 e. The number of nitrogens with zero attached hydrogens (tertiary/aromatic N) is 2. The van der Waals surface area contributed by atoms with E-state index in [0.29, 0.717) is 21.6 Å². The number of aromatic nitrogens is 2. The van der Waals surface area contributed by atoms with E-state index in [1.807, 2.05) is 30.3 Å². The molecule has 0 radical (unpaired) electrons. The predicted octanol–water partition coefficient (Wildman–Crippen LogP) is 4.77. The van der Waals surface area contributed by atoms with E-state index in [1.165, 1.54) is 0 Å². The van der Waals surface area contributed by atoms with Crippen LogP contribution in [0.4, 0.5) is 5.82 Å². The summed E-state index contributed by atoms with van der Waals surface area (Å²) in [7, 11) is 1.73. The molecule has 6 heteroatoms. The molecule has 0 aliphatic rings. The number of benzene rings is 1. The summed E-state index contributed by atoms with van der Waals surface area (Å²) < 4.78 is 5.82. The lowest BCUT2D eigenvalue weighted by Crippen LogP contribution is -1.97. The fourth-order valence-corrected chi connectivity index (χ4v) is 2.45. The number of nitrogens with one attached hydrogen (secondary N) is 1. The monoisotopic (exact) mass is 319 g/mol. The van der Waals surface area contributed by atoms with Crippen LogP contribution in [0.2, 0.25) is 10.0 Å². The molecule has 0 amide bonds. The number of pyridine rings is 2. The third-order valence-corrected chi connectivity index (χ3v) is 3.50. The standard InChI is InChI=1S/C15H11Cl2N3O/c1-18-14-10(16)8-11(17)15(20-14)21-12-6-2-4-9-5-3-7-19-13(9)12/h2-8H,1H3,(H,18,20). The molecule has 4 nitrogen and oxygen atoms in total. The first-order chi connectivity index (χ1) is 10.2. The minimum absolute atomic E-state index is 0.281. The number of rotatable bonds is 3. The van der Waals surface area contributed by atoms with Crippen molar-refractivity contribution in [1.29, 1.82) is 0 Å². The third-order valence-electron chi connectivity index (χ3n) is 2.94. The molecule has 0 bridgehead atoms. The van der Waals surface area contributed by atoms with Gasteiger partial charge < -0.3 is 10.1 Å². The highest BCUT2D eigenvalue weighted by molar-refractivity contribution is 6.36. The summed E-state index contributed by atoms with van der Waals surface area (Å²) in [4.78, 5) is 8.60. The third kappa shape index (κ3) is 2.73. The Bertz CT molecular complexity index is 803. The van der Waals surface area contributed by atoms with E-state index >= 15 is 0 Å². The molecule has 0 aliphatic heterocycles. The number of anilines is 1. The number of hydrogen-bond donors (Lipinski definition) is 1. The Kier molecular flexibility index (Phi) is 3.82. The summed E-state index contributed by atoms with van der Waals surface area (Å²) in [5, 5.41) is 4.64. The number of fused-ring (bicyclic) bond motifs is 1. The first kappa shape index (κ1) is 13.9. The van der Waals surface area contributed by atoms with Crippen molar-refractivity contribution < 1.29 is 4.74 Å². The van der Waals surface area contributed by atoms with Gasteiger partial charge in [-0.25, -0.2) is 0 Å². The van der Waals surface area contributed by atoms with Gasteiger partial charge in [0, 0.05) is 18.6 Å². The first-order valence-electron chi connectivity index (χ1n) is 6.24. The van der Waals surface area contributed by atoms with Crippen LogP contribution in [-0.2, 0) is 0 Å². The summed E-state index contributed by atoms with van der Waals surface area (Å²) in [5.41, 5.74) is 0.749. The summed E-state index contributed by atoms with van der Waals surface area (Å²) in [6.45, 7) is 0. The van der Waals surface area contributed by atoms with Gasteiger partial charge >= 0.3 is 0 Å². The van der Waals surface area contributed by atoms with Crippen molar-refractivity contribution in [2.24, 2.45) is 0 Å². The van der Waals surface area contributed by atoms with Crippen molar-refractivity contribution in [3.8, 4) is 11.6 Å². The molecule has 106 valence electrons. The first-order valence-corrected chi connectivity index (χ1v) is 7.00. The van der Waals surface area contributed by atoms with Crippen LogP contribution in [0.25, 0.3) is 10.9 Å². The van der Waals surface area contributed by atoms with Crippen molar-refractivity contribution in [3.05, 3.63) is 52.6 Å². The second-order valence-electron chi connectivity index (χ2n) is 4.29. The molecule has 1 N–H and O–H groups in total. The molecular weight excluding hydrogens is 309 g/mol. The van der Waals surface area contributed by atoms with Gasteiger partial charge in [-0.2, -0.15) is 4.98 Å². The quantitative estimate of drug-likeness (QED) is 0.755. The van der Waals surface area contributed by atoms with E-state index in [9.17, 15) is 0 Å². The second-order valence-corrected chi connectivity index (χ2v) is 5.10.